The van der Waals surface area contributed by atoms with E-state index in [4.69, 9.17) is 0 Å². The molecule has 2 atom stereocenters. The van der Waals surface area contributed by atoms with E-state index in [-0.39, 0.29) is 0 Å². The molecule has 0 spiro atoms. The molecule has 1 fully saturated rings. The summed E-state index contributed by atoms with van der Waals surface area (Å²) in [6, 6.07) is 6.86. The fraction of sp³-hybridized carbons (Fsp3) is 0.667. The maximum absolute atomic E-state index is 3.74. The van der Waals surface area contributed by atoms with Gasteiger partial charge in [-0.25, -0.2) is 0 Å². The van der Waals surface area contributed by atoms with Crippen molar-refractivity contribution in [2.75, 3.05) is 6.54 Å². The van der Waals surface area contributed by atoms with Gasteiger partial charge in [-0.15, -0.1) is 11.8 Å². The maximum atomic E-state index is 3.74. The number of thioether (sulfide) groups is 1. The summed E-state index contributed by atoms with van der Waals surface area (Å²) in [7, 11) is 0. The fourth-order valence-electron chi connectivity index (χ4n) is 2.92. The molecule has 2 unspecified atom stereocenters. The molecule has 0 aliphatic heterocycles. The third kappa shape index (κ3) is 5.96. The van der Waals surface area contributed by atoms with E-state index in [1.807, 2.05) is 0 Å². The quantitative estimate of drug-likeness (QED) is 0.673. The van der Waals surface area contributed by atoms with Crippen LogP contribution in [0.3, 0.4) is 0 Å². The first-order chi connectivity index (χ1) is 10.0. The van der Waals surface area contributed by atoms with E-state index in [9.17, 15) is 0 Å². The lowest BCUT2D eigenvalue weighted by atomic mass is 9.91. The monoisotopic (exact) mass is 369 g/mol. The van der Waals surface area contributed by atoms with Crippen molar-refractivity contribution in [1.82, 2.24) is 5.32 Å². The van der Waals surface area contributed by atoms with Crippen molar-refractivity contribution in [3.8, 4) is 0 Å². The fourth-order valence-corrected chi connectivity index (χ4v) is 5.02. The summed E-state index contributed by atoms with van der Waals surface area (Å²) < 4.78 is 1.24. The van der Waals surface area contributed by atoms with Crippen LogP contribution in [0.1, 0.15) is 52.0 Å². The number of hydrogen-bond donors (Lipinski definition) is 1. The molecule has 1 aromatic rings. The van der Waals surface area contributed by atoms with Gasteiger partial charge in [-0.2, -0.15) is 0 Å². The van der Waals surface area contributed by atoms with Gasteiger partial charge in [0.05, 0.1) is 0 Å². The summed E-state index contributed by atoms with van der Waals surface area (Å²) in [5, 5.41) is 4.32. The third-order valence-electron chi connectivity index (χ3n) is 4.08. The SMILES string of the molecule is CC(C)CNCc1ccc(SC2CCCC(C)C2)cc1Br. The van der Waals surface area contributed by atoms with Gasteiger partial charge in [0, 0.05) is 21.2 Å². The normalized spacial score (nSPS) is 22.7. The Kier molecular flexibility index (Phi) is 7.11. The third-order valence-corrected chi connectivity index (χ3v) is 6.11. The number of rotatable bonds is 6. The lowest BCUT2D eigenvalue weighted by molar-refractivity contribution is 0.394. The van der Waals surface area contributed by atoms with Crippen LogP contribution in [0.15, 0.2) is 27.6 Å². The molecule has 0 saturated heterocycles. The topological polar surface area (TPSA) is 12.0 Å². The Balaban J connectivity index is 1.89. The summed E-state index contributed by atoms with van der Waals surface area (Å²) in [5.74, 6) is 1.60. The van der Waals surface area contributed by atoms with Gasteiger partial charge in [-0.1, -0.05) is 55.6 Å². The Bertz CT molecular complexity index is 447. The first kappa shape index (κ1) is 17.4. The minimum Gasteiger partial charge on any atom is -0.312 e. The van der Waals surface area contributed by atoms with Gasteiger partial charge >= 0.3 is 0 Å². The van der Waals surface area contributed by atoms with Crippen molar-refractivity contribution in [3.63, 3.8) is 0 Å². The molecule has 0 radical (unpaired) electrons. The van der Waals surface area contributed by atoms with Gasteiger partial charge in [-0.3, -0.25) is 0 Å². The highest BCUT2D eigenvalue weighted by Crippen LogP contribution is 2.37. The first-order valence-electron chi connectivity index (χ1n) is 8.20. The summed E-state index contributed by atoms with van der Waals surface area (Å²) in [6.07, 6.45) is 5.57. The molecular weight excluding hydrogens is 342 g/mol. The van der Waals surface area contributed by atoms with Gasteiger partial charge in [-0.05, 0) is 48.9 Å². The highest BCUT2D eigenvalue weighted by molar-refractivity contribution is 9.10. The van der Waals surface area contributed by atoms with Crippen LogP contribution in [0.5, 0.6) is 0 Å². The average Bonchev–Trinajstić information content (AvgIpc) is 2.41. The predicted molar refractivity (Wildman–Crippen MR) is 98.0 cm³/mol. The van der Waals surface area contributed by atoms with Crippen LogP contribution in [-0.4, -0.2) is 11.8 Å². The standard InChI is InChI=1S/C18H28BrNS/c1-13(2)11-20-12-15-7-8-17(10-18(15)19)21-16-6-4-5-14(3)9-16/h7-8,10,13-14,16,20H,4-6,9,11-12H2,1-3H3. The molecule has 2 rings (SSSR count). The second-order valence-corrected chi connectivity index (χ2v) is 9.02. The molecule has 0 aromatic heterocycles. The van der Waals surface area contributed by atoms with Crippen molar-refractivity contribution in [3.05, 3.63) is 28.2 Å². The zero-order valence-corrected chi connectivity index (χ0v) is 15.9. The lowest BCUT2D eigenvalue weighted by Gasteiger charge is -2.26. The minimum absolute atomic E-state index is 0.701. The van der Waals surface area contributed by atoms with E-state index >= 15 is 0 Å². The molecule has 21 heavy (non-hydrogen) atoms. The number of nitrogens with one attached hydrogen (secondary N) is 1. The van der Waals surface area contributed by atoms with E-state index < -0.39 is 0 Å². The van der Waals surface area contributed by atoms with Gasteiger partial charge in [0.2, 0.25) is 0 Å². The molecular formula is C18H28BrNS. The number of halogens is 1. The molecule has 118 valence electrons. The summed E-state index contributed by atoms with van der Waals surface area (Å²) in [6.45, 7) is 8.90. The van der Waals surface area contributed by atoms with Crippen molar-refractivity contribution in [1.29, 1.82) is 0 Å². The van der Waals surface area contributed by atoms with Gasteiger partial charge in [0.1, 0.15) is 0 Å². The Hall–Kier alpha value is 0.01000. The Morgan fingerprint density at radius 1 is 1.33 bits per heavy atom. The Labute approximate surface area is 142 Å². The summed E-state index contributed by atoms with van der Waals surface area (Å²) in [4.78, 5) is 1.41. The van der Waals surface area contributed by atoms with Crippen molar-refractivity contribution in [2.45, 2.75) is 63.1 Å². The molecule has 0 amide bonds. The molecule has 1 aliphatic rings. The second-order valence-electron chi connectivity index (χ2n) is 6.79. The van der Waals surface area contributed by atoms with Crippen LogP contribution < -0.4 is 5.32 Å². The van der Waals surface area contributed by atoms with E-state index in [1.165, 1.54) is 40.6 Å². The van der Waals surface area contributed by atoms with Crippen LogP contribution in [0.25, 0.3) is 0 Å². The highest BCUT2D eigenvalue weighted by Gasteiger charge is 2.19. The zero-order valence-electron chi connectivity index (χ0n) is 13.5. The van der Waals surface area contributed by atoms with Crippen molar-refractivity contribution in [2.24, 2.45) is 11.8 Å². The van der Waals surface area contributed by atoms with E-state index in [1.54, 1.807) is 0 Å². The minimum atomic E-state index is 0.701. The van der Waals surface area contributed by atoms with Crippen molar-refractivity contribution >= 4 is 27.7 Å². The van der Waals surface area contributed by atoms with Gasteiger partial charge in [0.15, 0.2) is 0 Å². The smallest absolute Gasteiger partial charge is 0.0231 e. The summed E-state index contributed by atoms with van der Waals surface area (Å²) >= 11 is 5.81. The molecule has 1 aliphatic carbocycles. The molecule has 3 heteroatoms. The maximum Gasteiger partial charge on any atom is 0.0231 e. The predicted octanol–water partition coefficient (Wildman–Crippen LogP) is 5.87. The molecule has 1 nitrogen and oxygen atoms in total. The Morgan fingerprint density at radius 3 is 2.81 bits per heavy atom. The van der Waals surface area contributed by atoms with Crippen LogP contribution in [0, 0.1) is 11.8 Å². The first-order valence-corrected chi connectivity index (χ1v) is 9.87. The van der Waals surface area contributed by atoms with E-state index in [0.29, 0.717) is 5.92 Å². The molecule has 1 N–H and O–H groups in total. The van der Waals surface area contributed by atoms with Crippen LogP contribution >= 0.6 is 27.7 Å². The van der Waals surface area contributed by atoms with Gasteiger partial charge in [0.25, 0.3) is 0 Å². The molecule has 1 aromatic carbocycles. The average molecular weight is 370 g/mol. The highest BCUT2D eigenvalue weighted by atomic mass is 79.9. The lowest BCUT2D eigenvalue weighted by Crippen LogP contribution is -2.19. The van der Waals surface area contributed by atoms with Crippen molar-refractivity contribution < 1.29 is 0 Å². The van der Waals surface area contributed by atoms with Crippen LogP contribution in [0.2, 0.25) is 0 Å². The van der Waals surface area contributed by atoms with E-state index in [2.05, 4.69) is 72.0 Å². The van der Waals surface area contributed by atoms with E-state index in [0.717, 1.165) is 24.3 Å². The number of benzene rings is 1. The summed E-state index contributed by atoms with van der Waals surface area (Å²) in [5.41, 5.74) is 1.36. The van der Waals surface area contributed by atoms with Crippen LogP contribution in [-0.2, 0) is 6.54 Å². The second kappa shape index (κ2) is 8.59. The van der Waals surface area contributed by atoms with Crippen LogP contribution in [0.4, 0.5) is 0 Å². The Morgan fingerprint density at radius 2 is 2.14 bits per heavy atom. The largest absolute Gasteiger partial charge is 0.312 e. The number of hydrogen-bond acceptors (Lipinski definition) is 2. The van der Waals surface area contributed by atoms with Gasteiger partial charge < -0.3 is 5.32 Å². The zero-order chi connectivity index (χ0) is 15.2. The molecule has 0 heterocycles. The molecule has 0 bridgehead atoms. The molecule has 1 saturated carbocycles.